The van der Waals surface area contributed by atoms with Crippen molar-refractivity contribution in [3.8, 4) is 5.75 Å². The summed E-state index contributed by atoms with van der Waals surface area (Å²) in [5, 5.41) is 40.9. The number of carboxylic acids is 2. The number of fused-ring (bicyclic) bond motifs is 1. The third kappa shape index (κ3) is 7.75. The predicted octanol–water partition coefficient (Wildman–Crippen LogP) is 2.57. The summed E-state index contributed by atoms with van der Waals surface area (Å²) >= 11 is 12.7. The number of ether oxygens (including phenoxy) is 1. The standard InChI is InChI=1S/C19H22Cl2N2O.C4H6O6/c1-2-24-18-6-3-13(11-17(18)21)12-23-19-15-8-10-22-9-7-14(15)4-5-16(19)20;5-1(3(7)8)2(6)4(9)10/h3-6,11,22-23H,2,7-10,12H2,1H3;1-2,5-6H,(H,7,8)(H,9,10)/t;1-,2-/m.1/s1. The van der Waals surface area contributed by atoms with Crippen LogP contribution in [0.4, 0.5) is 5.69 Å². The summed E-state index contributed by atoms with van der Waals surface area (Å²) in [6, 6.07) is 10.0. The van der Waals surface area contributed by atoms with Gasteiger partial charge in [0.2, 0.25) is 0 Å². The molecule has 0 unspecified atom stereocenters. The molecule has 1 aliphatic heterocycles. The van der Waals surface area contributed by atoms with Crippen molar-refractivity contribution in [2.45, 2.75) is 38.5 Å². The van der Waals surface area contributed by atoms with Gasteiger partial charge in [0.05, 0.1) is 22.3 Å². The van der Waals surface area contributed by atoms with Crippen LogP contribution in [-0.2, 0) is 29.0 Å². The third-order valence-electron chi connectivity index (χ3n) is 5.05. The molecule has 0 saturated heterocycles. The smallest absolute Gasteiger partial charge is 0.335 e. The lowest BCUT2D eigenvalue weighted by Crippen LogP contribution is -2.39. The molecule has 2 aromatic carbocycles. The van der Waals surface area contributed by atoms with Crippen LogP contribution in [0.25, 0.3) is 0 Å². The average Bonchev–Trinajstić information content (AvgIpc) is 3.05. The summed E-state index contributed by atoms with van der Waals surface area (Å²) in [5.74, 6) is -2.81. The van der Waals surface area contributed by atoms with Crippen molar-refractivity contribution in [3.63, 3.8) is 0 Å². The van der Waals surface area contributed by atoms with Crippen LogP contribution in [0.15, 0.2) is 30.3 Å². The number of halogens is 2. The van der Waals surface area contributed by atoms with Gasteiger partial charge in [-0.1, -0.05) is 35.3 Å². The van der Waals surface area contributed by atoms with Gasteiger partial charge in [0.25, 0.3) is 0 Å². The Balaban J connectivity index is 0.000000347. The number of nitrogens with one attached hydrogen (secondary N) is 2. The summed E-state index contributed by atoms with van der Waals surface area (Å²) in [5.41, 5.74) is 4.84. The van der Waals surface area contributed by atoms with Crippen LogP contribution in [0.5, 0.6) is 5.75 Å². The van der Waals surface area contributed by atoms with E-state index in [1.54, 1.807) is 0 Å². The van der Waals surface area contributed by atoms with Gasteiger partial charge in [0.15, 0.2) is 12.2 Å². The fraction of sp³-hybridized carbons (Fsp3) is 0.391. The van der Waals surface area contributed by atoms with Crippen molar-refractivity contribution in [1.29, 1.82) is 0 Å². The molecule has 186 valence electrons. The van der Waals surface area contributed by atoms with E-state index < -0.39 is 24.1 Å². The summed E-state index contributed by atoms with van der Waals surface area (Å²) in [7, 11) is 0. The Kier molecular flexibility index (Phi) is 10.9. The van der Waals surface area contributed by atoms with Crippen molar-refractivity contribution in [2.24, 2.45) is 0 Å². The number of anilines is 1. The highest BCUT2D eigenvalue weighted by atomic mass is 35.5. The first kappa shape index (κ1) is 27.7. The van der Waals surface area contributed by atoms with E-state index in [2.05, 4.69) is 16.7 Å². The predicted molar refractivity (Wildman–Crippen MR) is 129 cm³/mol. The fourth-order valence-electron chi connectivity index (χ4n) is 3.32. The summed E-state index contributed by atoms with van der Waals surface area (Å²) < 4.78 is 5.48. The molecular formula is C23H28Cl2N2O7. The van der Waals surface area contributed by atoms with Crippen LogP contribution in [0.1, 0.15) is 23.6 Å². The number of carbonyl (C=O) groups is 2. The van der Waals surface area contributed by atoms with Gasteiger partial charge in [0.1, 0.15) is 5.75 Å². The molecule has 0 radical (unpaired) electrons. The Hall–Kier alpha value is -2.56. The minimum absolute atomic E-state index is 0.608. The zero-order valence-electron chi connectivity index (χ0n) is 18.6. The molecular weight excluding hydrogens is 487 g/mol. The van der Waals surface area contributed by atoms with Crippen molar-refractivity contribution >= 4 is 40.8 Å². The van der Waals surface area contributed by atoms with Gasteiger partial charge in [0, 0.05) is 6.54 Å². The van der Waals surface area contributed by atoms with E-state index in [0.717, 1.165) is 48.0 Å². The second kappa shape index (κ2) is 13.4. The number of aliphatic carboxylic acids is 2. The van der Waals surface area contributed by atoms with Crippen molar-refractivity contribution in [3.05, 3.63) is 57.1 Å². The zero-order valence-corrected chi connectivity index (χ0v) is 20.1. The topological polar surface area (TPSA) is 148 Å². The molecule has 1 heterocycles. The number of hydrogen-bond acceptors (Lipinski definition) is 7. The average molecular weight is 515 g/mol. The molecule has 0 bridgehead atoms. The first-order valence-corrected chi connectivity index (χ1v) is 11.4. The number of carboxylic acid groups (broad SMARTS) is 2. The Morgan fingerprint density at radius 2 is 1.68 bits per heavy atom. The Bertz CT molecular complexity index is 986. The van der Waals surface area contributed by atoms with E-state index in [1.807, 2.05) is 31.2 Å². The largest absolute Gasteiger partial charge is 0.492 e. The maximum atomic E-state index is 9.77. The minimum atomic E-state index is -2.27. The molecule has 0 amide bonds. The first-order chi connectivity index (χ1) is 16.1. The minimum Gasteiger partial charge on any atom is -0.492 e. The quantitative estimate of drug-likeness (QED) is 0.312. The Morgan fingerprint density at radius 3 is 2.26 bits per heavy atom. The third-order valence-corrected chi connectivity index (χ3v) is 5.66. The molecule has 0 aliphatic carbocycles. The lowest BCUT2D eigenvalue weighted by molar-refractivity contribution is -0.165. The first-order valence-electron chi connectivity index (χ1n) is 10.6. The number of hydrogen-bond donors (Lipinski definition) is 6. The van der Waals surface area contributed by atoms with Gasteiger partial charge in [-0.3, -0.25) is 0 Å². The number of aliphatic hydroxyl groups excluding tert-OH is 2. The zero-order chi connectivity index (χ0) is 25.3. The van der Waals surface area contributed by atoms with Gasteiger partial charge in [-0.15, -0.1) is 0 Å². The highest BCUT2D eigenvalue weighted by molar-refractivity contribution is 6.33. The summed E-state index contributed by atoms with van der Waals surface area (Å²) in [4.78, 5) is 19.5. The molecule has 3 rings (SSSR count). The van der Waals surface area contributed by atoms with Crippen LogP contribution >= 0.6 is 23.2 Å². The summed E-state index contributed by atoms with van der Waals surface area (Å²) in [6.45, 7) is 5.23. The lowest BCUT2D eigenvalue weighted by atomic mass is 10.0. The van der Waals surface area contributed by atoms with Crippen LogP contribution < -0.4 is 15.4 Å². The van der Waals surface area contributed by atoms with Crippen molar-refractivity contribution < 1.29 is 34.8 Å². The van der Waals surface area contributed by atoms with E-state index in [9.17, 15) is 9.59 Å². The van der Waals surface area contributed by atoms with E-state index in [-0.39, 0.29) is 0 Å². The Labute approximate surface area is 207 Å². The number of rotatable bonds is 8. The van der Waals surface area contributed by atoms with Crippen molar-refractivity contribution in [2.75, 3.05) is 25.0 Å². The lowest BCUT2D eigenvalue weighted by Gasteiger charge is -2.16. The molecule has 34 heavy (non-hydrogen) atoms. The highest BCUT2D eigenvalue weighted by Crippen LogP contribution is 2.32. The fourth-order valence-corrected chi connectivity index (χ4v) is 3.82. The van der Waals surface area contributed by atoms with E-state index in [4.69, 9.17) is 48.4 Å². The monoisotopic (exact) mass is 514 g/mol. The highest BCUT2D eigenvalue weighted by Gasteiger charge is 2.29. The Morgan fingerprint density at radius 1 is 1.03 bits per heavy atom. The summed E-state index contributed by atoms with van der Waals surface area (Å²) in [6.07, 6.45) is -2.51. The van der Waals surface area contributed by atoms with E-state index >= 15 is 0 Å². The van der Waals surface area contributed by atoms with Crippen LogP contribution in [0.2, 0.25) is 10.0 Å². The van der Waals surface area contributed by atoms with Crippen LogP contribution in [0, 0.1) is 0 Å². The molecule has 2 atom stereocenters. The van der Waals surface area contributed by atoms with E-state index in [1.165, 1.54) is 11.1 Å². The molecule has 6 N–H and O–H groups in total. The second-order valence-corrected chi connectivity index (χ2v) is 8.24. The maximum absolute atomic E-state index is 9.77. The maximum Gasteiger partial charge on any atom is 0.335 e. The van der Waals surface area contributed by atoms with Crippen LogP contribution in [-0.4, -0.2) is 64.3 Å². The second-order valence-electron chi connectivity index (χ2n) is 7.43. The van der Waals surface area contributed by atoms with Crippen molar-refractivity contribution in [1.82, 2.24) is 5.32 Å². The molecule has 2 aromatic rings. The molecule has 9 nitrogen and oxygen atoms in total. The molecule has 0 fully saturated rings. The van der Waals surface area contributed by atoms with Gasteiger partial charge in [-0.2, -0.15) is 0 Å². The SMILES string of the molecule is CCOc1ccc(CNc2c(Cl)ccc3c2CCNCC3)cc1Cl.O=C(O)[C@H](O)[C@@H](O)C(=O)O. The molecule has 0 spiro atoms. The molecule has 11 heteroatoms. The van der Waals surface area contributed by atoms with Gasteiger partial charge in [-0.05, 0) is 67.7 Å². The molecule has 1 aliphatic rings. The molecule has 0 aromatic heterocycles. The van der Waals surface area contributed by atoms with Gasteiger partial charge >= 0.3 is 11.9 Å². The molecule has 0 saturated carbocycles. The number of benzene rings is 2. The van der Waals surface area contributed by atoms with E-state index in [0.29, 0.717) is 18.2 Å². The van der Waals surface area contributed by atoms with Gasteiger partial charge < -0.3 is 35.8 Å². The van der Waals surface area contributed by atoms with Gasteiger partial charge in [-0.25, -0.2) is 9.59 Å². The normalized spacial score (nSPS) is 14.5. The van der Waals surface area contributed by atoms with Crippen LogP contribution in [0.3, 0.4) is 0 Å². The number of aliphatic hydroxyl groups is 2.